The van der Waals surface area contributed by atoms with Crippen LogP contribution in [0.15, 0.2) is 53.5 Å². The summed E-state index contributed by atoms with van der Waals surface area (Å²) in [5.41, 5.74) is 9.85. The Morgan fingerprint density at radius 2 is 1.26 bits per heavy atom. The summed E-state index contributed by atoms with van der Waals surface area (Å²) in [5.74, 6) is 0.545. The molecule has 0 aromatic heterocycles. The molecule has 0 bridgehead atoms. The van der Waals surface area contributed by atoms with Gasteiger partial charge in [0.2, 0.25) is 0 Å². The van der Waals surface area contributed by atoms with E-state index in [2.05, 4.69) is 4.99 Å². The number of rotatable bonds is 2. The number of benzene rings is 2. The maximum atomic E-state index is 7.95. The third-order valence-corrected chi connectivity index (χ3v) is 2.90. The smallest absolute Gasteiger partial charge is 0.154 e. The maximum absolute atomic E-state index is 7.95. The van der Waals surface area contributed by atoms with Crippen LogP contribution in [-0.2, 0) is 0 Å². The van der Waals surface area contributed by atoms with Crippen molar-refractivity contribution < 1.29 is 0 Å². The van der Waals surface area contributed by atoms with Crippen molar-refractivity contribution in [1.82, 2.24) is 0 Å². The molecule has 0 heterocycles. The van der Waals surface area contributed by atoms with Gasteiger partial charge in [0.1, 0.15) is 5.84 Å². The highest BCUT2D eigenvalue weighted by Crippen LogP contribution is 2.07. The van der Waals surface area contributed by atoms with Crippen molar-refractivity contribution >= 4 is 11.7 Å². The highest BCUT2D eigenvalue weighted by atomic mass is 14.9. The molecule has 0 aliphatic rings. The molecule has 2 aromatic rings. The fourth-order valence-corrected chi connectivity index (χ4v) is 1.69. The van der Waals surface area contributed by atoms with Gasteiger partial charge in [-0.1, -0.05) is 59.7 Å². The van der Waals surface area contributed by atoms with Crippen LogP contribution in [0.3, 0.4) is 0 Å². The molecule has 3 heteroatoms. The van der Waals surface area contributed by atoms with Crippen LogP contribution in [0.2, 0.25) is 0 Å². The second kappa shape index (κ2) is 5.48. The molecule has 3 nitrogen and oxygen atoms in total. The van der Waals surface area contributed by atoms with Gasteiger partial charge in [-0.05, 0) is 13.8 Å². The SMILES string of the molecule is Cc1ccc(C(=N)N=C(N)c2ccc(C)cc2)cc1. The highest BCUT2D eigenvalue weighted by molar-refractivity contribution is 6.09. The molecule has 0 amide bonds. The molecule has 0 unspecified atom stereocenters. The van der Waals surface area contributed by atoms with Crippen molar-refractivity contribution in [3.8, 4) is 0 Å². The minimum atomic E-state index is 0.179. The maximum Gasteiger partial charge on any atom is 0.154 e. The summed E-state index contributed by atoms with van der Waals surface area (Å²) in [4.78, 5) is 4.15. The second-order valence-corrected chi connectivity index (χ2v) is 4.58. The fraction of sp³-hybridized carbons (Fsp3) is 0.125. The lowest BCUT2D eigenvalue weighted by atomic mass is 10.1. The Bertz CT molecular complexity index is 607. The van der Waals surface area contributed by atoms with E-state index in [9.17, 15) is 0 Å². The largest absolute Gasteiger partial charge is 0.383 e. The van der Waals surface area contributed by atoms with E-state index >= 15 is 0 Å². The van der Waals surface area contributed by atoms with Gasteiger partial charge in [-0.25, -0.2) is 4.99 Å². The van der Waals surface area contributed by atoms with E-state index < -0.39 is 0 Å². The molecule has 0 saturated heterocycles. The van der Waals surface area contributed by atoms with Crippen molar-refractivity contribution in [2.45, 2.75) is 13.8 Å². The van der Waals surface area contributed by atoms with Gasteiger partial charge in [0.05, 0.1) is 0 Å². The average molecular weight is 251 g/mol. The van der Waals surface area contributed by atoms with Crippen LogP contribution in [0, 0.1) is 19.3 Å². The number of amidine groups is 2. The first-order chi connectivity index (χ1) is 9.06. The van der Waals surface area contributed by atoms with Gasteiger partial charge >= 0.3 is 0 Å². The zero-order chi connectivity index (χ0) is 13.8. The molecule has 0 aliphatic heterocycles. The van der Waals surface area contributed by atoms with Crippen LogP contribution in [0.1, 0.15) is 22.3 Å². The van der Waals surface area contributed by atoms with E-state index in [1.165, 1.54) is 5.56 Å². The van der Waals surface area contributed by atoms with Gasteiger partial charge < -0.3 is 5.73 Å². The Morgan fingerprint density at radius 1 is 0.842 bits per heavy atom. The standard InChI is InChI=1S/C16H17N3/c1-11-3-7-13(8-4-11)15(17)19-16(18)14-9-5-12(2)6-10-14/h3-10H,1-2H3,(H3,17,18,19). The lowest BCUT2D eigenvalue weighted by Crippen LogP contribution is -2.15. The predicted molar refractivity (Wildman–Crippen MR) is 79.9 cm³/mol. The molecule has 0 spiro atoms. The normalized spacial score (nSPS) is 11.4. The predicted octanol–water partition coefficient (Wildman–Crippen LogP) is 3.03. The molecule has 19 heavy (non-hydrogen) atoms. The van der Waals surface area contributed by atoms with Crippen molar-refractivity contribution in [2.75, 3.05) is 0 Å². The van der Waals surface area contributed by atoms with Crippen LogP contribution in [0.25, 0.3) is 0 Å². The van der Waals surface area contributed by atoms with Crippen LogP contribution in [-0.4, -0.2) is 11.7 Å². The van der Waals surface area contributed by atoms with Gasteiger partial charge in [0.25, 0.3) is 0 Å². The third kappa shape index (κ3) is 3.28. The Balaban J connectivity index is 2.22. The number of hydrogen-bond donors (Lipinski definition) is 2. The lowest BCUT2D eigenvalue weighted by Gasteiger charge is -2.03. The minimum absolute atomic E-state index is 0.179. The third-order valence-electron chi connectivity index (χ3n) is 2.90. The Hall–Kier alpha value is -2.42. The van der Waals surface area contributed by atoms with Crippen molar-refractivity contribution in [1.29, 1.82) is 5.41 Å². The summed E-state index contributed by atoms with van der Waals surface area (Å²) in [6.07, 6.45) is 0. The van der Waals surface area contributed by atoms with Gasteiger partial charge in [-0.2, -0.15) is 0 Å². The van der Waals surface area contributed by atoms with E-state index in [1.807, 2.05) is 62.4 Å². The summed E-state index contributed by atoms with van der Waals surface area (Å²) in [6, 6.07) is 15.5. The molecule has 0 aliphatic carbocycles. The second-order valence-electron chi connectivity index (χ2n) is 4.58. The van der Waals surface area contributed by atoms with Gasteiger partial charge in [-0.3, -0.25) is 5.41 Å². The van der Waals surface area contributed by atoms with Crippen molar-refractivity contribution in [3.63, 3.8) is 0 Å². The van der Waals surface area contributed by atoms with E-state index in [-0.39, 0.29) is 5.84 Å². The molecule has 3 N–H and O–H groups in total. The van der Waals surface area contributed by atoms with Crippen molar-refractivity contribution in [2.24, 2.45) is 10.7 Å². The summed E-state index contributed by atoms with van der Waals surface area (Å²) in [6.45, 7) is 4.03. The quantitative estimate of drug-likeness (QED) is 0.625. The minimum Gasteiger partial charge on any atom is -0.383 e. The summed E-state index contributed by atoms with van der Waals surface area (Å²) >= 11 is 0. The molecule has 2 aromatic carbocycles. The molecular formula is C16H17N3. The fourth-order valence-electron chi connectivity index (χ4n) is 1.69. The molecule has 96 valence electrons. The van der Waals surface area contributed by atoms with Gasteiger partial charge in [0.15, 0.2) is 5.84 Å². The number of nitrogens with two attached hydrogens (primary N) is 1. The number of aliphatic imine (C=N–C) groups is 1. The van der Waals surface area contributed by atoms with Crippen molar-refractivity contribution in [3.05, 3.63) is 70.8 Å². The Morgan fingerprint density at radius 3 is 1.74 bits per heavy atom. The van der Waals surface area contributed by atoms with E-state index in [0.29, 0.717) is 5.84 Å². The molecule has 0 fully saturated rings. The molecular weight excluding hydrogens is 234 g/mol. The first-order valence-electron chi connectivity index (χ1n) is 6.13. The topological polar surface area (TPSA) is 62.2 Å². The monoisotopic (exact) mass is 251 g/mol. The molecule has 0 radical (unpaired) electrons. The summed E-state index contributed by atoms with van der Waals surface area (Å²) in [5, 5.41) is 7.95. The van der Waals surface area contributed by atoms with Gasteiger partial charge in [0, 0.05) is 11.1 Å². The van der Waals surface area contributed by atoms with Crippen LogP contribution in [0.4, 0.5) is 0 Å². The molecule has 2 rings (SSSR count). The number of nitrogens with one attached hydrogen (secondary N) is 1. The van der Waals surface area contributed by atoms with E-state index in [0.717, 1.165) is 16.7 Å². The van der Waals surface area contributed by atoms with E-state index in [4.69, 9.17) is 11.1 Å². The first-order valence-corrected chi connectivity index (χ1v) is 6.13. The van der Waals surface area contributed by atoms with Crippen LogP contribution >= 0.6 is 0 Å². The Labute approximate surface area is 113 Å². The highest BCUT2D eigenvalue weighted by Gasteiger charge is 2.02. The average Bonchev–Trinajstić information content (AvgIpc) is 2.40. The zero-order valence-electron chi connectivity index (χ0n) is 11.1. The zero-order valence-corrected chi connectivity index (χ0v) is 11.1. The molecule has 0 saturated carbocycles. The number of aryl methyl sites for hydroxylation is 2. The number of hydrogen-bond acceptors (Lipinski definition) is 1. The lowest BCUT2D eigenvalue weighted by molar-refractivity contribution is 1.38. The number of nitrogens with zero attached hydrogens (tertiary/aromatic N) is 1. The summed E-state index contributed by atoms with van der Waals surface area (Å²) < 4.78 is 0. The Kier molecular flexibility index (Phi) is 3.76. The van der Waals surface area contributed by atoms with Crippen LogP contribution in [0.5, 0.6) is 0 Å². The molecule has 0 atom stereocenters. The summed E-state index contributed by atoms with van der Waals surface area (Å²) in [7, 11) is 0. The van der Waals surface area contributed by atoms with E-state index in [1.54, 1.807) is 0 Å². The van der Waals surface area contributed by atoms with Gasteiger partial charge in [-0.15, -0.1) is 0 Å². The first kappa shape index (κ1) is 13.0. The van der Waals surface area contributed by atoms with Crippen LogP contribution < -0.4 is 5.73 Å².